The van der Waals surface area contributed by atoms with Crippen LogP contribution in [0.1, 0.15) is 51.4 Å². The monoisotopic (exact) mass is 510 g/mol. The van der Waals surface area contributed by atoms with Crippen LogP contribution >= 0.6 is 12.0 Å². The molecule has 2 heterocycles. The summed E-state index contributed by atoms with van der Waals surface area (Å²) in [4.78, 5) is 25.6. The first kappa shape index (κ1) is 26.8. The highest BCUT2D eigenvalue weighted by Gasteiger charge is 2.42. The van der Waals surface area contributed by atoms with Gasteiger partial charge in [-0.1, -0.05) is 42.7 Å². The molecule has 0 radical (unpaired) electrons. The van der Waals surface area contributed by atoms with Crippen LogP contribution in [-0.4, -0.2) is 52.8 Å². The summed E-state index contributed by atoms with van der Waals surface area (Å²) in [6, 6.07) is 0. The van der Waals surface area contributed by atoms with Crippen molar-refractivity contribution in [2.24, 2.45) is 11.8 Å². The number of aromatic nitrogens is 6. The van der Waals surface area contributed by atoms with E-state index in [0.29, 0.717) is 30.1 Å². The predicted molar refractivity (Wildman–Crippen MR) is 122 cm³/mol. The molecule has 0 saturated carbocycles. The Balaban J connectivity index is 1.57. The number of rotatable bonds is 15. The number of carbonyl (C=O) groups is 2. The topological polar surface area (TPSA) is 153 Å². The van der Waals surface area contributed by atoms with Gasteiger partial charge < -0.3 is 9.47 Å². The first-order valence-electron chi connectivity index (χ1n) is 11.4. The van der Waals surface area contributed by atoms with E-state index in [-0.39, 0.29) is 36.2 Å². The molecule has 0 amide bonds. The number of aryl methyl sites for hydroxylation is 2. The second-order valence-corrected chi connectivity index (χ2v) is 8.95. The van der Waals surface area contributed by atoms with Crippen molar-refractivity contribution < 1.29 is 33.7 Å². The van der Waals surface area contributed by atoms with Crippen molar-refractivity contribution in [3.05, 3.63) is 35.1 Å². The van der Waals surface area contributed by atoms with Gasteiger partial charge in [-0.3, -0.25) is 14.2 Å². The molecular formula is C21H30N6O7S. The molecule has 0 bridgehead atoms. The number of hydrogen-bond donors (Lipinski definition) is 1. The average Bonchev–Trinajstić information content (AvgIpc) is 3.56. The molecule has 0 aromatic carbocycles. The summed E-state index contributed by atoms with van der Waals surface area (Å²) in [6.45, 7) is 6.91. The molecule has 0 saturated heterocycles. The number of nitrogens with zero attached hydrogens (tertiary/aromatic N) is 6. The molecule has 0 spiro atoms. The van der Waals surface area contributed by atoms with Gasteiger partial charge in [0.15, 0.2) is 5.76 Å². The lowest BCUT2D eigenvalue weighted by molar-refractivity contribution is -0.432. The number of esters is 1. The Bertz CT molecular complexity index is 1020. The summed E-state index contributed by atoms with van der Waals surface area (Å²) < 4.78 is 18.8. The Hall–Kier alpha value is -2.81. The van der Waals surface area contributed by atoms with Crippen LogP contribution in [0, 0.1) is 11.8 Å². The Morgan fingerprint density at radius 2 is 1.71 bits per heavy atom. The summed E-state index contributed by atoms with van der Waals surface area (Å²) in [7, 11) is 0. The summed E-state index contributed by atoms with van der Waals surface area (Å²) in [5.74, 6) is -1.00. The van der Waals surface area contributed by atoms with Crippen LogP contribution in [0.2, 0.25) is 0 Å². The van der Waals surface area contributed by atoms with Gasteiger partial charge in [0.2, 0.25) is 5.78 Å². The van der Waals surface area contributed by atoms with Crippen molar-refractivity contribution in [3.63, 3.8) is 0 Å². The van der Waals surface area contributed by atoms with E-state index in [1.807, 2.05) is 0 Å². The molecule has 2 unspecified atom stereocenters. The van der Waals surface area contributed by atoms with E-state index in [9.17, 15) is 9.59 Å². The lowest BCUT2D eigenvalue weighted by Crippen LogP contribution is -2.16. The van der Waals surface area contributed by atoms with Crippen LogP contribution < -0.4 is 0 Å². The minimum atomic E-state index is -0.621. The van der Waals surface area contributed by atoms with E-state index in [0.717, 1.165) is 31.4 Å². The number of ketones is 1. The van der Waals surface area contributed by atoms with E-state index in [1.54, 1.807) is 35.6 Å². The van der Waals surface area contributed by atoms with Gasteiger partial charge in [-0.05, 0) is 12.8 Å². The maximum Gasteiger partial charge on any atom is 0.338 e. The molecule has 1 aliphatic rings. The lowest BCUT2D eigenvalue weighted by atomic mass is 9.94. The normalized spacial score (nSPS) is 17.9. The fourth-order valence-corrected chi connectivity index (χ4v) is 3.86. The summed E-state index contributed by atoms with van der Waals surface area (Å²) >= 11 is 0.959. The number of allylic oxidation sites excluding steroid dienone is 1. The van der Waals surface area contributed by atoms with Crippen molar-refractivity contribution in [3.8, 4) is 0 Å². The van der Waals surface area contributed by atoms with Gasteiger partial charge in [-0.15, -0.1) is 14.5 Å². The first-order valence-corrected chi connectivity index (χ1v) is 12.3. The highest BCUT2D eigenvalue weighted by atomic mass is 32.2. The predicted octanol–water partition coefficient (Wildman–Crippen LogP) is 2.50. The van der Waals surface area contributed by atoms with Crippen molar-refractivity contribution >= 4 is 23.8 Å². The van der Waals surface area contributed by atoms with Gasteiger partial charge in [0, 0.05) is 42.7 Å². The third-order valence-corrected chi connectivity index (χ3v) is 6.24. The van der Waals surface area contributed by atoms with Crippen molar-refractivity contribution in [2.75, 3.05) is 5.75 Å². The Labute approximate surface area is 206 Å². The van der Waals surface area contributed by atoms with Gasteiger partial charge in [-0.25, -0.2) is 10.1 Å². The van der Waals surface area contributed by atoms with Crippen LogP contribution in [0.25, 0.3) is 0 Å². The fourth-order valence-electron chi connectivity index (χ4n) is 3.50. The van der Waals surface area contributed by atoms with Crippen LogP contribution in [-0.2, 0) is 54.7 Å². The smallest absolute Gasteiger partial charge is 0.338 e. The standard InChI is InChI=1S/C21H30N6O7S/c1-4-5-7-26-10-16(22-24-26)12-31-20-18(14(2)15(3)19(20)28)21(29)32-13-17-11-27(25-23-17)8-6-9-35-34-33-30/h10-11,14-15,30H,4-9,12-13H2,1-3H3. The molecule has 2 atom stereocenters. The van der Waals surface area contributed by atoms with E-state index in [1.165, 1.54) is 0 Å². The Morgan fingerprint density at radius 1 is 1.06 bits per heavy atom. The van der Waals surface area contributed by atoms with Gasteiger partial charge in [0.05, 0.1) is 18.0 Å². The summed E-state index contributed by atoms with van der Waals surface area (Å²) in [5, 5.41) is 27.7. The highest BCUT2D eigenvalue weighted by molar-refractivity contribution is 7.94. The minimum absolute atomic E-state index is 0.0216. The van der Waals surface area contributed by atoms with E-state index >= 15 is 0 Å². The summed E-state index contributed by atoms with van der Waals surface area (Å²) in [6.07, 6.45) is 6.16. The maximum atomic E-state index is 12.9. The third-order valence-electron chi connectivity index (χ3n) is 5.63. The molecule has 1 N–H and O–H groups in total. The molecule has 1 aliphatic carbocycles. The van der Waals surface area contributed by atoms with Crippen LogP contribution in [0.3, 0.4) is 0 Å². The van der Waals surface area contributed by atoms with Gasteiger partial charge in [0.1, 0.15) is 24.6 Å². The van der Waals surface area contributed by atoms with Crippen LogP contribution in [0.4, 0.5) is 0 Å². The van der Waals surface area contributed by atoms with Gasteiger partial charge in [-0.2, -0.15) is 0 Å². The zero-order valence-electron chi connectivity index (χ0n) is 20.0. The van der Waals surface area contributed by atoms with Crippen molar-refractivity contribution in [1.82, 2.24) is 30.0 Å². The number of hydrogen-bond acceptors (Lipinski definition) is 12. The zero-order valence-corrected chi connectivity index (χ0v) is 20.8. The molecule has 13 nitrogen and oxygen atoms in total. The Kier molecular flexibility index (Phi) is 10.2. The number of Topliss-reactive ketones (excluding diaryl/α,β-unsaturated/α-hetero) is 1. The average molecular weight is 511 g/mol. The molecule has 35 heavy (non-hydrogen) atoms. The molecule has 2 aromatic heterocycles. The third kappa shape index (κ3) is 7.34. The Morgan fingerprint density at radius 3 is 2.37 bits per heavy atom. The second kappa shape index (κ2) is 13.3. The van der Waals surface area contributed by atoms with E-state index < -0.39 is 11.9 Å². The number of carbonyl (C=O) groups excluding carboxylic acids is 2. The fraction of sp³-hybridized carbons (Fsp3) is 0.619. The molecule has 192 valence electrons. The highest BCUT2D eigenvalue weighted by Crippen LogP contribution is 2.35. The maximum absolute atomic E-state index is 12.9. The second-order valence-electron chi connectivity index (χ2n) is 8.17. The van der Waals surface area contributed by atoms with Crippen LogP contribution in [0.15, 0.2) is 23.7 Å². The van der Waals surface area contributed by atoms with Crippen LogP contribution in [0.5, 0.6) is 0 Å². The number of ether oxygens (including phenoxy) is 2. The van der Waals surface area contributed by atoms with Gasteiger partial charge >= 0.3 is 5.97 Å². The minimum Gasteiger partial charge on any atom is -0.483 e. The van der Waals surface area contributed by atoms with E-state index in [4.69, 9.17) is 14.7 Å². The molecule has 0 aliphatic heterocycles. The molecule has 0 fully saturated rings. The number of unbranched alkanes of at least 4 members (excludes halogenated alkanes) is 1. The van der Waals surface area contributed by atoms with Gasteiger partial charge in [0.25, 0.3) is 0 Å². The van der Waals surface area contributed by atoms with Crippen molar-refractivity contribution in [1.29, 1.82) is 0 Å². The zero-order chi connectivity index (χ0) is 25.2. The molecule has 2 aromatic rings. The molecular weight excluding hydrogens is 480 g/mol. The quantitative estimate of drug-likeness (QED) is 0.123. The van der Waals surface area contributed by atoms with Crippen molar-refractivity contribution in [2.45, 2.75) is 66.3 Å². The molecule has 3 rings (SSSR count). The largest absolute Gasteiger partial charge is 0.483 e. The first-order chi connectivity index (χ1) is 16.9. The van der Waals surface area contributed by atoms with E-state index in [2.05, 4.69) is 36.9 Å². The SMILES string of the molecule is CCCCn1cc(COC2=C(C(=O)OCc3cn(CCCSOOO)nn3)C(C)C(C)C2=O)nn1. The molecule has 14 heteroatoms. The lowest BCUT2D eigenvalue weighted by Gasteiger charge is -2.11. The summed E-state index contributed by atoms with van der Waals surface area (Å²) in [5.41, 5.74) is 1.26.